The van der Waals surface area contributed by atoms with Crippen LogP contribution in [0.15, 0.2) is 54.7 Å². The van der Waals surface area contributed by atoms with Crippen molar-refractivity contribution in [2.24, 2.45) is 0 Å². The minimum absolute atomic E-state index is 0.129. The third kappa shape index (κ3) is 4.22. The van der Waals surface area contributed by atoms with Gasteiger partial charge in [-0.05, 0) is 75.9 Å². The van der Waals surface area contributed by atoms with Gasteiger partial charge in [0.05, 0.1) is 11.8 Å². The van der Waals surface area contributed by atoms with Crippen molar-refractivity contribution in [3.63, 3.8) is 0 Å². The topological polar surface area (TPSA) is 50.6 Å². The molecule has 0 radical (unpaired) electrons. The molecule has 0 bridgehead atoms. The lowest BCUT2D eigenvalue weighted by Crippen LogP contribution is -2.55. The lowest BCUT2D eigenvalue weighted by molar-refractivity contribution is 0.0966. The quantitative estimate of drug-likeness (QED) is 0.455. The number of ether oxygens (including phenoxy) is 1. The fraction of sp³-hybridized carbons (Fsp3) is 0.429. The molecule has 2 aliphatic rings. The predicted molar refractivity (Wildman–Crippen MR) is 134 cm³/mol. The van der Waals surface area contributed by atoms with E-state index in [1.807, 2.05) is 45.2 Å². The highest BCUT2D eigenvalue weighted by Crippen LogP contribution is 2.47. The summed E-state index contributed by atoms with van der Waals surface area (Å²) in [6, 6.07) is 14.6. The summed E-state index contributed by atoms with van der Waals surface area (Å²) < 4.78 is 21.7. The number of carbonyl (C=O) groups excluding carboxylic acids is 1. The summed E-state index contributed by atoms with van der Waals surface area (Å²) in [6.07, 6.45) is 4.18. The van der Waals surface area contributed by atoms with Gasteiger partial charge in [-0.1, -0.05) is 25.1 Å². The van der Waals surface area contributed by atoms with Crippen LogP contribution in [0.25, 0.3) is 0 Å². The lowest BCUT2D eigenvalue weighted by atomic mass is 9.81. The Balaban J connectivity index is 1.45. The van der Waals surface area contributed by atoms with Crippen LogP contribution >= 0.6 is 0 Å². The number of imidazole rings is 1. The van der Waals surface area contributed by atoms with Gasteiger partial charge in [0.1, 0.15) is 22.9 Å². The number of anilines is 1. The standard InChI is InChI=1S/C28H33FN4O2/c1-5-23-18-32-26(30-23)28(33(27(32)34)24-10-7-9-22(29)15-24)12-13-31(20(4)16-28)17-21-8-6-11-25(14-21)35-19(2)3/h6-11,14-15,18-20H,5,12-13,16-17H2,1-4H3/t20-,28-/m0/s1. The fourth-order valence-electron chi connectivity index (χ4n) is 5.57. The van der Waals surface area contributed by atoms with E-state index in [-0.39, 0.29) is 24.0 Å². The molecule has 7 heteroatoms. The molecule has 2 aromatic carbocycles. The summed E-state index contributed by atoms with van der Waals surface area (Å²) in [7, 11) is 0. The van der Waals surface area contributed by atoms with E-state index in [0.29, 0.717) is 5.69 Å². The monoisotopic (exact) mass is 476 g/mol. The highest BCUT2D eigenvalue weighted by atomic mass is 19.1. The van der Waals surface area contributed by atoms with E-state index in [9.17, 15) is 9.18 Å². The Hall–Kier alpha value is -3.19. The molecular formula is C28H33FN4O2. The third-order valence-electron chi connectivity index (χ3n) is 7.15. The molecule has 1 amide bonds. The summed E-state index contributed by atoms with van der Waals surface area (Å²) in [6.45, 7) is 9.90. The molecule has 2 atom stereocenters. The number of carbonyl (C=O) groups is 1. The van der Waals surface area contributed by atoms with Crippen LogP contribution in [0.3, 0.4) is 0 Å². The molecular weight excluding hydrogens is 443 g/mol. The van der Waals surface area contributed by atoms with Gasteiger partial charge in [-0.15, -0.1) is 0 Å². The summed E-state index contributed by atoms with van der Waals surface area (Å²) in [5.41, 5.74) is 2.09. The van der Waals surface area contributed by atoms with Crippen molar-refractivity contribution in [2.75, 3.05) is 11.4 Å². The number of piperidine rings is 1. The molecule has 5 rings (SSSR count). The summed E-state index contributed by atoms with van der Waals surface area (Å²) in [5.74, 6) is 1.31. The first-order valence-electron chi connectivity index (χ1n) is 12.5. The van der Waals surface area contributed by atoms with E-state index in [0.717, 1.165) is 49.6 Å². The Morgan fingerprint density at radius 1 is 1.20 bits per heavy atom. The van der Waals surface area contributed by atoms with Gasteiger partial charge in [0, 0.05) is 31.0 Å². The number of hydrogen-bond acceptors (Lipinski definition) is 4. The molecule has 0 saturated carbocycles. The van der Waals surface area contributed by atoms with Crippen LogP contribution in [-0.4, -0.2) is 39.2 Å². The van der Waals surface area contributed by atoms with E-state index in [4.69, 9.17) is 9.72 Å². The highest BCUT2D eigenvalue weighted by Gasteiger charge is 2.55. The maximum absolute atomic E-state index is 14.2. The molecule has 3 aromatic rings. The van der Waals surface area contributed by atoms with Gasteiger partial charge in [0.25, 0.3) is 0 Å². The van der Waals surface area contributed by atoms with E-state index in [1.165, 1.54) is 17.7 Å². The summed E-state index contributed by atoms with van der Waals surface area (Å²) >= 11 is 0. The fourth-order valence-corrected chi connectivity index (χ4v) is 5.57. The average Bonchev–Trinajstić information content (AvgIpc) is 3.34. The van der Waals surface area contributed by atoms with E-state index < -0.39 is 5.54 Å². The average molecular weight is 477 g/mol. The Morgan fingerprint density at radius 2 is 2.00 bits per heavy atom. The molecule has 35 heavy (non-hydrogen) atoms. The van der Waals surface area contributed by atoms with Gasteiger partial charge >= 0.3 is 6.03 Å². The Kier molecular flexibility index (Phi) is 6.13. The number of benzene rings is 2. The van der Waals surface area contributed by atoms with Gasteiger partial charge in [-0.2, -0.15) is 0 Å². The number of halogens is 1. The van der Waals surface area contributed by atoms with Crippen LogP contribution in [0.2, 0.25) is 0 Å². The zero-order chi connectivity index (χ0) is 24.7. The molecule has 0 unspecified atom stereocenters. The van der Waals surface area contributed by atoms with Crippen molar-refractivity contribution in [3.8, 4) is 5.75 Å². The lowest BCUT2D eigenvalue weighted by Gasteiger charge is -2.47. The van der Waals surface area contributed by atoms with Crippen molar-refractivity contribution in [3.05, 3.63) is 77.6 Å². The first-order valence-corrected chi connectivity index (χ1v) is 12.5. The predicted octanol–water partition coefficient (Wildman–Crippen LogP) is 5.74. The van der Waals surface area contributed by atoms with Crippen molar-refractivity contribution >= 4 is 11.7 Å². The largest absolute Gasteiger partial charge is 0.491 e. The molecule has 6 nitrogen and oxygen atoms in total. The zero-order valence-electron chi connectivity index (χ0n) is 20.9. The number of nitrogens with zero attached hydrogens (tertiary/aromatic N) is 4. The third-order valence-corrected chi connectivity index (χ3v) is 7.15. The SMILES string of the molecule is CCc1cn2c(n1)[C@@]1(CCN(Cc3cccc(OC(C)C)c3)[C@@H](C)C1)N(c1cccc(F)c1)C2=O. The van der Waals surface area contributed by atoms with Gasteiger partial charge in [0.2, 0.25) is 0 Å². The number of rotatable bonds is 6. The number of aryl methyl sites for hydroxylation is 1. The molecule has 0 N–H and O–H groups in total. The Bertz CT molecular complexity index is 1240. The van der Waals surface area contributed by atoms with Crippen LogP contribution in [0, 0.1) is 5.82 Å². The van der Waals surface area contributed by atoms with Gasteiger partial charge in [0.15, 0.2) is 0 Å². The van der Waals surface area contributed by atoms with Gasteiger partial charge < -0.3 is 4.74 Å². The zero-order valence-corrected chi connectivity index (χ0v) is 20.9. The van der Waals surface area contributed by atoms with Crippen molar-refractivity contribution < 1.29 is 13.9 Å². The molecule has 1 saturated heterocycles. The minimum Gasteiger partial charge on any atom is -0.491 e. The normalized spacial score (nSPS) is 22.3. The van der Waals surface area contributed by atoms with Crippen LogP contribution < -0.4 is 9.64 Å². The smallest absolute Gasteiger partial charge is 0.335 e. The van der Waals surface area contributed by atoms with Crippen molar-refractivity contribution in [2.45, 2.75) is 71.2 Å². The first-order chi connectivity index (χ1) is 16.8. The number of likely N-dealkylation sites (tertiary alicyclic amines) is 1. The first kappa shape index (κ1) is 23.5. The van der Waals surface area contributed by atoms with Crippen molar-refractivity contribution in [1.82, 2.24) is 14.5 Å². The van der Waals surface area contributed by atoms with Gasteiger partial charge in [-0.3, -0.25) is 14.4 Å². The number of hydrogen-bond donors (Lipinski definition) is 0. The van der Waals surface area contributed by atoms with E-state index >= 15 is 0 Å². The number of fused-ring (bicyclic) bond motifs is 2. The molecule has 0 aliphatic carbocycles. The van der Waals surface area contributed by atoms with Gasteiger partial charge in [-0.25, -0.2) is 14.2 Å². The van der Waals surface area contributed by atoms with E-state index in [1.54, 1.807) is 15.5 Å². The second-order valence-electron chi connectivity index (χ2n) is 10.00. The van der Waals surface area contributed by atoms with Crippen LogP contribution in [0.4, 0.5) is 14.9 Å². The summed E-state index contributed by atoms with van der Waals surface area (Å²) in [5, 5.41) is 0. The highest BCUT2D eigenvalue weighted by molar-refractivity contribution is 5.98. The summed E-state index contributed by atoms with van der Waals surface area (Å²) in [4.78, 5) is 22.7. The Morgan fingerprint density at radius 3 is 2.71 bits per heavy atom. The van der Waals surface area contributed by atoms with Crippen LogP contribution in [-0.2, 0) is 18.5 Å². The maximum atomic E-state index is 14.2. The Labute approximate surface area is 206 Å². The van der Waals surface area contributed by atoms with Crippen LogP contribution in [0.5, 0.6) is 5.75 Å². The maximum Gasteiger partial charge on any atom is 0.335 e. The van der Waals surface area contributed by atoms with E-state index in [2.05, 4.69) is 24.0 Å². The molecule has 1 aromatic heterocycles. The molecule has 184 valence electrons. The molecule has 1 spiro atoms. The molecule has 2 aliphatic heterocycles. The number of aromatic nitrogens is 2. The second-order valence-corrected chi connectivity index (χ2v) is 10.00. The molecule has 3 heterocycles. The number of amides is 1. The second kappa shape index (κ2) is 9.11. The molecule has 1 fully saturated rings. The van der Waals surface area contributed by atoms with Crippen molar-refractivity contribution in [1.29, 1.82) is 0 Å². The van der Waals surface area contributed by atoms with Crippen LogP contribution in [0.1, 0.15) is 57.6 Å². The minimum atomic E-state index is -0.600.